The zero-order chi connectivity index (χ0) is 16.9. The van der Waals surface area contributed by atoms with E-state index in [2.05, 4.69) is 62.0 Å². The van der Waals surface area contributed by atoms with Gasteiger partial charge in [-0.15, -0.1) is 0 Å². The molecule has 0 bridgehead atoms. The maximum absolute atomic E-state index is 12.2. The summed E-state index contributed by atoms with van der Waals surface area (Å²) in [7, 11) is 0. The fourth-order valence-corrected chi connectivity index (χ4v) is 3.13. The van der Waals surface area contributed by atoms with Gasteiger partial charge in [0.2, 0.25) is 0 Å². The highest BCUT2D eigenvalue weighted by Gasteiger charge is 2.32. The van der Waals surface area contributed by atoms with Crippen LogP contribution in [0.5, 0.6) is 0 Å². The van der Waals surface area contributed by atoms with Gasteiger partial charge in [0.25, 0.3) is 5.91 Å². The van der Waals surface area contributed by atoms with E-state index in [1.807, 2.05) is 23.2 Å². The second-order valence-electron chi connectivity index (χ2n) is 6.23. The lowest BCUT2D eigenvalue weighted by molar-refractivity contribution is -0.123. The van der Waals surface area contributed by atoms with Gasteiger partial charge < -0.3 is 4.90 Å². The molecule has 1 atom stereocenters. The Labute approximate surface area is 144 Å². The highest BCUT2D eigenvalue weighted by molar-refractivity contribution is 5.96. The molecule has 0 saturated carbocycles. The smallest absolute Gasteiger partial charge is 0.253 e. The van der Waals surface area contributed by atoms with Crippen LogP contribution in [0, 0.1) is 0 Å². The van der Waals surface area contributed by atoms with Crippen molar-refractivity contribution < 1.29 is 4.79 Å². The minimum Gasteiger partial charge on any atom is -0.312 e. The Morgan fingerprint density at radius 3 is 2.42 bits per heavy atom. The van der Waals surface area contributed by atoms with Crippen molar-refractivity contribution in [3.05, 3.63) is 84.6 Å². The molecule has 122 valence electrons. The molecule has 0 aromatic heterocycles. The summed E-state index contributed by atoms with van der Waals surface area (Å²) in [6.07, 6.45) is 6.47. The number of allylic oxidation sites excluding steroid dienone is 1. The predicted molar refractivity (Wildman–Crippen MR) is 99.4 cm³/mol. The number of hydrogen-bond acceptors (Lipinski definition) is 1. The van der Waals surface area contributed by atoms with Crippen LogP contribution < -0.4 is 0 Å². The van der Waals surface area contributed by atoms with Crippen LogP contribution in [0.3, 0.4) is 0 Å². The molecule has 0 aliphatic carbocycles. The van der Waals surface area contributed by atoms with Crippen LogP contribution in [0.15, 0.2) is 79.0 Å². The maximum Gasteiger partial charge on any atom is 0.253 e. The average molecular weight is 317 g/mol. The highest BCUT2D eigenvalue weighted by atomic mass is 16.2. The molecule has 1 saturated heterocycles. The lowest BCUT2D eigenvalue weighted by Crippen LogP contribution is -2.29. The van der Waals surface area contributed by atoms with Crippen LogP contribution in [0.1, 0.15) is 25.3 Å². The molecule has 24 heavy (non-hydrogen) atoms. The van der Waals surface area contributed by atoms with Crippen LogP contribution in [-0.2, 0) is 11.2 Å². The van der Waals surface area contributed by atoms with Crippen molar-refractivity contribution in [2.24, 2.45) is 0 Å². The third-order valence-corrected chi connectivity index (χ3v) is 4.45. The molecule has 2 heteroatoms. The first-order valence-corrected chi connectivity index (χ1v) is 8.50. The lowest BCUT2D eigenvalue weighted by atomic mass is 9.99. The van der Waals surface area contributed by atoms with Gasteiger partial charge in [-0.3, -0.25) is 4.79 Å². The first-order chi connectivity index (χ1) is 11.7. The molecule has 2 nitrogen and oxygen atoms in total. The zero-order valence-electron chi connectivity index (χ0n) is 14.1. The van der Waals surface area contributed by atoms with E-state index in [1.54, 1.807) is 0 Å². The molecule has 0 spiro atoms. The molecule has 1 amide bonds. The van der Waals surface area contributed by atoms with E-state index in [-0.39, 0.29) is 11.9 Å². The summed E-state index contributed by atoms with van der Waals surface area (Å²) in [5.41, 5.74) is 4.40. The van der Waals surface area contributed by atoms with E-state index in [0.29, 0.717) is 5.57 Å². The van der Waals surface area contributed by atoms with Crippen molar-refractivity contribution in [3.8, 4) is 11.1 Å². The number of rotatable bonds is 5. The van der Waals surface area contributed by atoms with E-state index >= 15 is 0 Å². The molecular formula is C22H23NO. The summed E-state index contributed by atoms with van der Waals surface area (Å²) >= 11 is 0. The fourth-order valence-electron chi connectivity index (χ4n) is 3.13. The van der Waals surface area contributed by atoms with Crippen molar-refractivity contribution in [2.75, 3.05) is 0 Å². The molecule has 1 unspecified atom stereocenters. The normalized spacial score (nSPS) is 17.9. The van der Waals surface area contributed by atoms with Gasteiger partial charge in [0.1, 0.15) is 0 Å². The number of carbonyl (C=O) groups excluding carboxylic acids is 1. The summed E-state index contributed by atoms with van der Waals surface area (Å²) in [5.74, 6) is 0.0607. The van der Waals surface area contributed by atoms with Crippen molar-refractivity contribution in [2.45, 2.75) is 32.2 Å². The maximum atomic E-state index is 12.2. The Morgan fingerprint density at radius 2 is 1.75 bits per heavy atom. The van der Waals surface area contributed by atoms with Gasteiger partial charge in [-0.05, 0) is 36.0 Å². The van der Waals surface area contributed by atoms with Gasteiger partial charge in [-0.1, -0.05) is 74.2 Å². The summed E-state index contributed by atoms with van der Waals surface area (Å²) in [4.78, 5) is 14.1. The summed E-state index contributed by atoms with van der Waals surface area (Å²) in [5, 5.41) is 0. The third-order valence-electron chi connectivity index (χ3n) is 4.45. The first kappa shape index (κ1) is 16.3. The quantitative estimate of drug-likeness (QED) is 0.712. The van der Waals surface area contributed by atoms with Crippen molar-refractivity contribution in [1.82, 2.24) is 4.90 Å². The van der Waals surface area contributed by atoms with E-state index < -0.39 is 0 Å². The van der Waals surface area contributed by atoms with Gasteiger partial charge in [-0.2, -0.15) is 0 Å². The van der Waals surface area contributed by atoms with Gasteiger partial charge in [0, 0.05) is 17.8 Å². The van der Waals surface area contributed by atoms with E-state index in [4.69, 9.17) is 0 Å². The number of nitrogens with zero attached hydrogens (tertiary/aromatic N) is 1. The predicted octanol–water partition coefficient (Wildman–Crippen LogP) is 4.98. The van der Waals surface area contributed by atoms with Crippen LogP contribution in [0.4, 0.5) is 0 Å². The van der Waals surface area contributed by atoms with Crippen molar-refractivity contribution in [1.29, 1.82) is 0 Å². The van der Waals surface area contributed by atoms with E-state index in [9.17, 15) is 4.79 Å². The summed E-state index contributed by atoms with van der Waals surface area (Å²) in [6.45, 7) is 5.99. The average Bonchev–Trinajstić information content (AvgIpc) is 2.88. The van der Waals surface area contributed by atoms with Crippen LogP contribution in [0.2, 0.25) is 0 Å². The minimum absolute atomic E-state index is 0.0607. The number of benzene rings is 2. The summed E-state index contributed by atoms with van der Waals surface area (Å²) < 4.78 is 0. The minimum atomic E-state index is 0.0607. The molecule has 1 heterocycles. The molecule has 0 radical (unpaired) electrons. The highest BCUT2D eigenvalue weighted by Crippen LogP contribution is 2.27. The second-order valence-corrected chi connectivity index (χ2v) is 6.23. The zero-order valence-corrected chi connectivity index (χ0v) is 14.1. The van der Waals surface area contributed by atoms with E-state index in [1.165, 1.54) is 16.7 Å². The fraction of sp³-hybridized carbons (Fsp3) is 0.227. The number of amides is 1. The third kappa shape index (κ3) is 3.48. The van der Waals surface area contributed by atoms with E-state index in [0.717, 1.165) is 19.3 Å². The molecule has 1 fully saturated rings. The molecule has 1 aliphatic heterocycles. The van der Waals surface area contributed by atoms with Gasteiger partial charge in [0.15, 0.2) is 0 Å². The van der Waals surface area contributed by atoms with Crippen LogP contribution >= 0.6 is 0 Å². The van der Waals surface area contributed by atoms with Gasteiger partial charge in [-0.25, -0.2) is 0 Å². The Morgan fingerprint density at radius 1 is 1.08 bits per heavy atom. The molecule has 2 aromatic rings. The monoisotopic (exact) mass is 317 g/mol. The number of carbonyl (C=O) groups is 1. The molecule has 3 rings (SSSR count). The van der Waals surface area contributed by atoms with Crippen molar-refractivity contribution in [3.63, 3.8) is 0 Å². The number of hydrogen-bond donors (Lipinski definition) is 0. The molecule has 1 aliphatic rings. The second kappa shape index (κ2) is 7.31. The lowest BCUT2D eigenvalue weighted by Gasteiger charge is -2.20. The van der Waals surface area contributed by atoms with Crippen LogP contribution in [0.25, 0.3) is 11.1 Å². The largest absolute Gasteiger partial charge is 0.312 e. The standard InChI is InChI=1S/C22H23NO/c1-3-4-14-23-21(15-17(2)22(23)24)16-18-10-12-20(13-11-18)19-8-6-5-7-9-19/h4-14,21H,2-3,15-16H2,1H3. The Kier molecular flexibility index (Phi) is 4.95. The molecule has 2 aromatic carbocycles. The van der Waals surface area contributed by atoms with Crippen molar-refractivity contribution >= 4 is 5.91 Å². The Balaban J connectivity index is 1.74. The first-order valence-electron chi connectivity index (χ1n) is 8.50. The Hall–Kier alpha value is -2.61. The summed E-state index contributed by atoms with van der Waals surface area (Å²) in [6, 6.07) is 19.2. The Bertz CT molecular complexity index is 743. The van der Waals surface area contributed by atoms with Gasteiger partial charge >= 0.3 is 0 Å². The molecule has 0 N–H and O–H groups in total. The SMILES string of the molecule is C=C1CC(Cc2ccc(-c3ccccc3)cc2)N(C=CCC)C1=O. The van der Waals surface area contributed by atoms with Gasteiger partial charge in [0.05, 0.1) is 0 Å². The molecular weight excluding hydrogens is 294 g/mol. The van der Waals surface area contributed by atoms with Crippen LogP contribution in [-0.4, -0.2) is 16.8 Å². The topological polar surface area (TPSA) is 20.3 Å². The number of likely N-dealkylation sites (tertiary alicyclic amines) is 1.